The summed E-state index contributed by atoms with van der Waals surface area (Å²) < 4.78 is 10.1. The van der Waals surface area contributed by atoms with Gasteiger partial charge in [0.2, 0.25) is 5.91 Å². The van der Waals surface area contributed by atoms with Gasteiger partial charge in [0.25, 0.3) is 0 Å². The zero-order valence-electron chi connectivity index (χ0n) is 9.08. The van der Waals surface area contributed by atoms with Crippen molar-refractivity contribution in [2.75, 3.05) is 20.8 Å². The number of hydrogen-bond donors (Lipinski definition) is 2. The molecular weight excluding hydrogens is 184 g/mol. The van der Waals surface area contributed by atoms with E-state index in [9.17, 15) is 4.79 Å². The minimum atomic E-state index is -0.269. The van der Waals surface area contributed by atoms with Crippen molar-refractivity contribution in [3.8, 4) is 0 Å². The Morgan fingerprint density at radius 3 is 2.43 bits per heavy atom. The first-order valence-corrected chi connectivity index (χ1v) is 4.69. The van der Waals surface area contributed by atoms with Crippen molar-refractivity contribution in [2.24, 2.45) is 5.73 Å². The molecule has 0 aliphatic rings. The summed E-state index contributed by atoms with van der Waals surface area (Å²) in [5, 5.41) is 3.18. The van der Waals surface area contributed by atoms with E-state index in [1.807, 2.05) is 6.92 Å². The first-order chi connectivity index (χ1) is 6.61. The van der Waals surface area contributed by atoms with Crippen LogP contribution in [-0.2, 0) is 14.3 Å². The number of rotatable bonds is 8. The van der Waals surface area contributed by atoms with Gasteiger partial charge in [0.15, 0.2) is 6.29 Å². The fourth-order valence-corrected chi connectivity index (χ4v) is 1.19. The molecule has 0 saturated heterocycles. The Kier molecular flexibility index (Phi) is 7.37. The molecule has 0 saturated carbocycles. The van der Waals surface area contributed by atoms with Crippen LogP contribution in [0.4, 0.5) is 0 Å². The molecule has 3 N–H and O–H groups in total. The van der Waals surface area contributed by atoms with Crippen LogP contribution in [0.1, 0.15) is 19.8 Å². The largest absolute Gasteiger partial charge is 0.370 e. The van der Waals surface area contributed by atoms with Gasteiger partial charge in [0.1, 0.15) is 0 Å². The molecule has 0 aliphatic carbocycles. The third kappa shape index (κ3) is 5.90. The second-order valence-electron chi connectivity index (χ2n) is 3.15. The van der Waals surface area contributed by atoms with E-state index in [0.717, 1.165) is 13.0 Å². The molecule has 0 bridgehead atoms. The maximum absolute atomic E-state index is 10.4. The highest BCUT2D eigenvalue weighted by molar-refractivity contribution is 5.73. The maximum atomic E-state index is 10.4. The molecule has 0 spiro atoms. The molecule has 0 aromatic rings. The molecule has 0 aromatic heterocycles. The Morgan fingerprint density at radius 1 is 1.43 bits per heavy atom. The Morgan fingerprint density at radius 2 is 2.00 bits per heavy atom. The van der Waals surface area contributed by atoms with Crippen LogP contribution >= 0.6 is 0 Å². The molecule has 5 heteroatoms. The van der Waals surface area contributed by atoms with E-state index in [1.54, 1.807) is 14.2 Å². The average molecular weight is 204 g/mol. The molecule has 0 radical (unpaired) electrons. The monoisotopic (exact) mass is 204 g/mol. The van der Waals surface area contributed by atoms with Crippen LogP contribution in [-0.4, -0.2) is 39.0 Å². The number of hydrogen-bond acceptors (Lipinski definition) is 4. The van der Waals surface area contributed by atoms with Crippen molar-refractivity contribution < 1.29 is 14.3 Å². The topological polar surface area (TPSA) is 73.6 Å². The number of methoxy groups -OCH3 is 2. The molecule has 14 heavy (non-hydrogen) atoms. The standard InChI is InChI=1S/C9H20N2O3/c1-7(9(13-2)14-3)11-6-4-5-8(10)12/h7,9,11H,4-6H2,1-3H3,(H2,10,12). The van der Waals surface area contributed by atoms with Crippen LogP contribution in [0.15, 0.2) is 0 Å². The molecule has 1 amide bonds. The molecule has 0 aliphatic heterocycles. The molecule has 0 heterocycles. The molecule has 0 aromatic carbocycles. The lowest BCUT2D eigenvalue weighted by Crippen LogP contribution is -2.40. The Bertz CT molecular complexity index is 160. The van der Waals surface area contributed by atoms with Crippen molar-refractivity contribution in [3.63, 3.8) is 0 Å². The number of nitrogens with two attached hydrogens (primary N) is 1. The molecule has 1 unspecified atom stereocenters. The normalized spacial score (nSPS) is 13.1. The van der Waals surface area contributed by atoms with E-state index in [-0.39, 0.29) is 18.2 Å². The SMILES string of the molecule is COC(OC)C(C)NCCCC(N)=O. The molecule has 1 atom stereocenters. The summed E-state index contributed by atoms with van der Waals surface area (Å²) in [5.74, 6) is -0.269. The van der Waals surface area contributed by atoms with Crippen LogP contribution in [0.2, 0.25) is 0 Å². The van der Waals surface area contributed by atoms with Crippen molar-refractivity contribution in [1.82, 2.24) is 5.32 Å². The molecule has 0 fully saturated rings. The van der Waals surface area contributed by atoms with Gasteiger partial charge in [-0.1, -0.05) is 0 Å². The van der Waals surface area contributed by atoms with E-state index in [4.69, 9.17) is 15.2 Å². The number of primary amides is 1. The van der Waals surface area contributed by atoms with E-state index < -0.39 is 0 Å². The quantitative estimate of drug-likeness (QED) is 0.426. The van der Waals surface area contributed by atoms with Gasteiger partial charge in [-0.2, -0.15) is 0 Å². The highest BCUT2D eigenvalue weighted by Gasteiger charge is 2.14. The van der Waals surface area contributed by atoms with Gasteiger partial charge >= 0.3 is 0 Å². The summed E-state index contributed by atoms with van der Waals surface area (Å²) in [7, 11) is 3.19. The first kappa shape index (κ1) is 13.4. The predicted octanol–water partition coefficient (Wildman–Crippen LogP) is -0.151. The Hall–Kier alpha value is -0.650. The highest BCUT2D eigenvalue weighted by atomic mass is 16.7. The molecule has 0 rings (SSSR count). The fraction of sp³-hybridized carbons (Fsp3) is 0.889. The number of carbonyl (C=O) groups excluding carboxylic acids is 1. The molecule has 5 nitrogen and oxygen atoms in total. The van der Waals surface area contributed by atoms with Crippen LogP contribution in [0.3, 0.4) is 0 Å². The molecular formula is C9H20N2O3. The van der Waals surface area contributed by atoms with Crippen molar-refractivity contribution in [1.29, 1.82) is 0 Å². The van der Waals surface area contributed by atoms with Gasteiger partial charge < -0.3 is 20.5 Å². The second-order valence-corrected chi connectivity index (χ2v) is 3.15. The molecule has 84 valence electrons. The van der Waals surface area contributed by atoms with Gasteiger partial charge in [-0.05, 0) is 19.9 Å². The van der Waals surface area contributed by atoms with E-state index in [0.29, 0.717) is 6.42 Å². The zero-order valence-corrected chi connectivity index (χ0v) is 9.08. The van der Waals surface area contributed by atoms with Crippen LogP contribution in [0, 0.1) is 0 Å². The van der Waals surface area contributed by atoms with Gasteiger partial charge in [0.05, 0.1) is 6.04 Å². The van der Waals surface area contributed by atoms with Crippen molar-refractivity contribution in [3.05, 3.63) is 0 Å². The van der Waals surface area contributed by atoms with Crippen LogP contribution in [0.25, 0.3) is 0 Å². The average Bonchev–Trinajstić information content (AvgIpc) is 2.14. The van der Waals surface area contributed by atoms with Crippen molar-refractivity contribution >= 4 is 5.91 Å². The van der Waals surface area contributed by atoms with Gasteiger partial charge in [0, 0.05) is 20.6 Å². The predicted molar refractivity (Wildman–Crippen MR) is 53.7 cm³/mol. The maximum Gasteiger partial charge on any atom is 0.217 e. The minimum Gasteiger partial charge on any atom is -0.370 e. The fourth-order valence-electron chi connectivity index (χ4n) is 1.19. The second kappa shape index (κ2) is 7.73. The summed E-state index contributed by atoms with van der Waals surface area (Å²) in [4.78, 5) is 10.4. The number of amides is 1. The van der Waals surface area contributed by atoms with Crippen LogP contribution < -0.4 is 11.1 Å². The zero-order chi connectivity index (χ0) is 11.0. The van der Waals surface area contributed by atoms with Crippen LogP contribution in [0.5, 0.6) is 0 Å². The van der Waals surface area contributed by atoms with Gasteiger partial charge in [-0.15, -0.1) is 0 Å². The summed E-state index contributed by atoms with van der Waals surface area (Å²) in [5.41, 5.74) is 5.01. The van der Waals surface area contributed by atoms with E-state index in [1.165, 1.54) is 0 Å². The summed E-state index contributed by atoms with van der Waals surface area (Å²) in [6.45, 7) is 2.69. The Balaban J connectivity index is 3.51. The highest BCUT2D eigenvalue weighted by Crippen LogP contribution is 1.98. The van der Waals surface area contributed by atoms with Gasteiger partial charge in [-0.3, -0.25) is 4.79 Å². The first-order valence-electron chi connectivity index (χ1n) is 4.69. The minimum absolute atomic E-state index is 0.0953. The van der Waals surface area contributed by atoms with Gasteiger partial charge in [-0.25, -0.2) is 0 Å². The Labute approximate surface area is 84.9 Å². The number of nitrogens with one attached hydrogen (secondary N) is 1. The smallest absolute Gasteiger partial charge is 0.217 e. The summed E-state index contributed by atoms with van der Waals surface area (Å²) >= 11 is 0. The van der Waals surface area contributed by atoms with E-state index in [2.05, 4.69) is 5.32 Å². The van der Waals surface area contributed by atoms with E-state index >= 15 is 0 Å². The lowest BCUT2D eigenvalue weighted by molar-refractivity contribution is -0.120. The third-order valence-electron chi connectivity index (χ3n) is 1.94. The lowest BCUT2D eigenvalue weighted by Gasteiger charge is -2.21. The van der Waals surface area contributed by atoms with Crippen molar-refractivity contribution in [2.45, 2.75) is 32.1 Å². The lowest BCUT2D eigenvalue weighted by atomic mass is 10.2. The summed E-state index contributed by atoms with van der Waals surface area (Å²) in [6, 6.07) is 0.0953. The summed E-state index contributed by atoms with van der Waals surface area (Å²) in [6.07, 6.45) is 0.882. The number of carbonyl (C=O) groups is 1. The third-order valence-corrected chi connectivity index (χ3v) is 1.94. The number of ether oxygens (including phenoxy) is 2.